The van der Waals surface area contributed by atoms with E-state index in [-0.39, 0.29) is 11.9 Å². The van der Waals surface area contributed by atoms with E-state index in [2.05, 4.69) is 21.8 Å². The van der Waals surface area contributed by atoms with Crippen LogP contribution in [0.15, 0.2) is 29.2 Å². The maximum atomic E-state index is 12.5. The van der Waals surface area contributed by atoms with Crippen molar-refractivity contribution in [2.24, 2.45) is 5.92 Å². The van der Waals surface area contributed by atoms with Crippen LogP contribution in [0.1, 0.15) is 26.2 Å². The molecule has 128 valence electrons. The second kappa shape index (κ2) is 9.30. The summed E-state index contributed by atoms with van der Waals surface area (Å²) in [4.78, 5) is 16.0. The summed E-state index contributed by atoms with van der Waals surface area (Å²) in [5, 5.41) is 6.26. The fourth-order valence-electron chi connectivity index (χ4n) is 3.06. The number of likely N-dealkylation sites (tertiary alicyclic amines) is 1. The van der Waals surface area contributed by atoms with Crippen LogP contribution >= 0.6 is 11.8 Å². The number of rotatable bonds is 7. The number of hydrogen-bond acceptors (Lipinski definition) is 4. The zero-order valence-electron chi connectivity index (χ0n) is 14.5. The van der Waals surface area contributed by atoms with Gasteiger partial charge in [0.2, 0.25) is 5.91 Å². The Labute approximate surface area is 144 Å². The highest BCUT2D eigenvalue weighted by Crippen LogP contribution is 2.22. The molecule has 0 saturated carbocycles. The van der Waals surface area contributed by atoms with Gasteiger partial charge >= 0.3 is 0 Å². The molecule has 2 rings (SSSR count). The summed E-state index contributed by atoms with van der Waals surface area (Å²) in [7, 11) is 2.01. The minimum absolute atomic E-state index is 0.0690. The molecule has 1 aliphatic heterocycles. The Morgan fingerprint density at radius 2 is 1.96 bits per heavy atom. The number of carbonyl (C=O) groups is 1. The molecule has 1 aliphatic rings. The van der Waals surface area contributed by atoms with Gasteiger partial charge in [0, 0.05) is 10.6 Å². The molecule has 1 aromatic carbocycles. The molecule has 0 aromatic heterocycles. The molecule has 1 atom stereocenters. The van der Waals surface area contributed by atoms with Crippen LogP contribution in [-0.4, -0.2) is 49.8 Å². The number of hydrogen-bond donors (Lipinski definition) is 2. The van der Waals surface area contributed by atoms with E-state index in [1.165, 1.54) is 24.2 Å². The standard InChI is InChI=1S/C18H29N3OS/c1-14(21-12-9-15(10-13-21)8-11-19-2)18(22)20-16-4-6-17(23-3)7-5-16/h4-7,14-15,19H,8-13H2,1-3H3,(H,20,22). The van der Waals surface area contributed by atoms with Crippen molar-refractivity contribution < 1.29 is 4.79 Å². The first-order chi connectivity index (χ1) is 11.1. The van der Waals surface area contributed by atoms with Gasteiger partial charge in [0.1, 0.15) is 0 Å². The molecular formula is C18H29N3OS. The van der Waals surface area contributed by atoms with Gasteiger partial charge in [0.25, 0.3) is 0 Å². The van der Waals surface area contributed by atoms with Gasteiger partial charge in [-0.2, -0.15) is 0 Å². The predicted molar refractivity (Wildman–Crippen MR) is 99.2 cm³/mol. The van der Waals surface area contributed by atoms with E-state index in [0.29, 0.717) is 0 Å². The lowest BCUT2D eigenvalue weighted by molar-refractivity contribution is -0.121. The van der Waals surface area contributed by atoms with Gasteiger partial charge < -0.3 is 10.6 Å². The molecule has 1 saturated heterocycles. The molecule has 0 aliphatic carbocycles. The summed E-state index contributed by atoms with van der Waals surface area (Å²) < 4.78 is 0. The van der Waals surface area contributed by atoms with Crippen LogP contribution in [0.5, 0.6) is 0 Å². The smallest absolute Gasteiger partial charge is 0.241 e. The van der Waals surface area contributed by atoms with E-state index in [0.717, 1.165) is 31.2 Å². The van der Waals surface area contributed by atoms with Crippen molar-refractivity contribution in [1.82, 2.24) is 10.2 Å². The molecule has 5 heteroatoms. The highest BCUT2D eigenvalue weighted by molar-refractivity contribution is 7.98. The number of anilines is 1. The predicted octanol–water partition coefficient (Wildman–Crippen LogP) is 3.06. The molecule has 1 amide bonds. The van der Waals surface area contributed by atoms with E-state index in [1.54, 1.807) is 11.8 Å². The second-order valence-electron chi connectivity index (χ2n) is 6.27. The molecular weight excluding hydrogens is 306 g/mol. The number of carbonyl (C=O) groups excluding carboxylic acids is 1. The molecule has 4 nitrogen and oxygen atoms in total. The number of amides is 1. The quantitative estimate of drug-likeness (QED) is 0.752. The Morgan fingerprint density at radius 1 is 1.30 bits per heavy atom. The van der Waals surface area contributed by atoms with Gasteiger partial charge in [-0.15, -0.1) is 11.8 Å². The van der Waals surface area contributed by atoms with Crippen molar-refractivity contribution in [3.8, 4) is 0 Å². The number of nitrogens with zero attached hydrogens (tertiary/aromatic N) is 1. The SMILES string of the molecule is CNCCC1CCN(C(C)C(=O)Nc2ccc(SC)cc2)CC1. The average Bonchev–Trinajstić information content (AvgIpc) is 2.60. The van der Waals surface area contributed by atoms with Crippen LogP contribution in [0.25, 0.3) is 0 Å². The van der Waals surface area contributed by atoms with Crippen LogP contribution < -0.4 is 10.6 Å². The Bertz CT molecular complexity index is 484. The fraction of sp³-hybridized carbons (Fsp3) is 0.611. The van der Waals surface area contributed by atoms with Gasteiger partial charge in [0.15, 0.2) is 0 Å². The maximum absolute atomic E-state index is 12.5. The summed E-state index contributed by atoms with van der Waals surface area (Å²) in [6.45, 7) is 5.15. The van der Waals surface area contributed by atoms with Crippen molar-refractivity contribution >= 4 is 23.4 Å². The van der Waals surface area contributed by atoms with E-state index in [1.807, 2.05) is 38.2 Å². The van der Waals surface area contributed by atoms with Gasteiger partial charge in [0.05, 0.1) is 6.04 Å². The third-order valence-electron chi connectivity index (χ3n) is 4.74. The lowest BCUT2D eigenvalue weighted by Gasteiger charge is -2.35. The Hall–Kier alpha value is -1.04. The third kappa shape index (κ3) is 5.52. The highest BCUT2D eigenvalue weighted by atomic mass is 32.2. The minimum Gasteiger partial charge on any atom is -0.325 e. The fourth-order valence-corrected chi connectivity index (χ4v) is 3.47. The molecule has 2 N–H and O–H groups in total. The van der Waals surface area contributed by atoms with Crippen molar-refractivity contribution in [3.63, 3.8) is 0 Å². The summed E-state index contributed by atoms with van der Waals surface area (Å²) in [6.07, 6.45) is 5.69. The van der Waals surface area contributed by atoms with E-state index in [9.17, 15) is 4.79 Å². The lowest BCUT2D eigenvalue weighted by Crippen LogP contribution is -2.46. The average molecular weight is 336 g/mol. The molecule has 0 bridgehead atoms. The van der Waals surface area contributed by atoms with E-state index >= 15 is 0 Å². The zero-order valence-corrected chi connectivity index (χ0v) is 15.3. The molecule has 1 heterocycles. The first-order valence-corrected chi connectivity index (χ1v) is 9.70. The normalized spacial score (nSPS) is 17.9. The molecule has 1 fully saturated rings. The first kappa shape index (κ1) is 18.3. The third-order valence-corrected chi connectivity index (χ3v) is 5.48. The summed E-state index contributed by atoms with van der Waals surface area (Å²) in [6, 6.07) is 7.96. The summed E-state index contributed by atoms with van der Waals surface area (Å²) in [5.41, 5.74) is 0.878. The molecule has 1 unspecified atom stereocenters. The number of nitrogens with one attached hydrogen (secondary N) is 2. The monoisotopic (exact) mass is 335 g/mol. The minimum atomic E-state index is -0.0690. The highest BCUT2D eigenvalue weighted by Gasteiger charge is 2.26. The lowest BCUT2D eigenvalue weighted by atomic mass is 9.93. The second-order valence-corrected chi connectivity index (χ2v) is 7.14. The van der Waals surface area contributed by atoms with E-state index < -0.39 is 0 Å². The maximum Gasteiger partial charge on any atom is 0.241 e. The largest absolute Gasteiger partial charge is 0.325 e. The molecule has 0 spiro atoms. The van der Waals surface area contributed by atoms with Crippen LogP contribution in [0.4, 0.5) is 5.69 Å². The van der Waals surface area contributed by atoms with Crippen LogP contribution in [0, 0.1) is 5.92 Å². The molecule has 1 aromatic rings. The van der Waals surface area contributed by atoms with Gasteiger partial charge in [-0.05, 0) is 89.3 Å². The van der Waals surface area contributed by atoms with E-state index in [4.69, 9.17) is 0 Å². The van der Waals surface area contributed by atoms with Crippen molar-refractivity contribution in [3.05, 3.63) is 24.3 Å². The van der Waals surface area contributed by atoms with Crippen molar-refractivity contribution in [2.45, 2.75) is 37.1 Å². The van der Waals surface area contributed by atoms with Crippen LogP contribution in [0.2, 0.25) is 0 Å². The molecule has 23 heavy (non-hydrogen) atoms. The first-order valence-electron chi connectivity index (χ1n) is 8.47. The van der Waals surface area contributed by atoms with Crippen LogP contribution in [0.3, 0.4) is 0 Å². The number of benzene rings is 1. The summed E-state index contributed by atoms with van der Waals surface area (Å²) in [5.74, 6) is 0.892. The number of piperidine rings is 1. The Balaban J connectivity index is 1.80. The van der Waals surface area contributed by atoms with Crippen molar-refractivity contribution in [1.29, 1.82) is 0 Å². The summed E-state index contributed by atoms with van der Waals surface area (Å²) >= 11 is 1.71. The molecule has 0 radical (unpaired) electrons. The Morgan fingerprint density at radius 3 is 2.52 bits per heavy atom. The van der Waals surface area contributed by atoms with Crippen molar-refractivity contribution in [2.75, 3.05) is 38.3 Å². The van der Waals surface area contributed by atoms with Crippen LogP contribution in [-0.2, 0) is 4.79 Å². The van der Waals surface area contributed by atoms with Gasteiger partial charge in [-0.25, -0.2) is 0 Å². The number of thioether (sulfide) groups is 1. The van der Waals surface area contributed by atoms with Gasteiger partial charge in [-0.1, -0.05) is 0 Å². The topological polar surface area (TPSA) is 44.4 Å². The Kier molecular flexibility index (Phi) is 7.40. The zero-order chi connectivity index (χ0) is 16.7. The van der Waals surface area contributed by atoms with Gasteiger partial charge in [-0.3, -0.25) is 9.69 Å².